The van der Waals surface area contributed by atoms with Crippen LogP contribution in [0.25, 0.3) is 0 Å². The zero-order valence-electron chi connectivity index (χ0n) is 50.3. The van der Waals surface area contributed by atoms with E-state index in [0.29, 0.717) is 62.8 Å². The molecule has 1 aliphatic carbocycles. The molecule has 4 aliphatic heterocycles. The van der Waals surface area contributed by atoms with Gasteiger partial charge < -0.3 is 71.7 Å². The van der Waals surface area contributed by atoms with E-state index in [2.05, 4.69) is 50.2 Å². The summed E-state index contributed by atoms with van der Waals surface area (Å²) in [6.45, 7) is 13.1. The number of carbonyl (C=O) groups excluding carboxylic acids is 10. The highest BCUT2D eigenvalue weighted by Crippen LogP contribution is 2.43. The van der Waals surface area contributed by atoms with Gasteiger partial charge in [0.2, 0.25) is 29.5 Å². The molecule has 6 rings (SSSR count). The van der Waals surface area contributed by atoms with Gasteiger partial charge in [-0.2, -0.15) is 0 Å². The van der Waals surface area contributed by atoms with Crippen molar-refractivity contribution in [1.82, 2.24) is 36.8 Å². The molecule has 0 aromatic heterocycles. The number of carbonyl (C=O) groups is 10. The third kappa shape index (κ3) is 21.5. The number of unbranched alkanes of at least 4 members (excludes halogenated alkanes) is 2. The van der Waals surface area contributed by atoms with Crippen molar-refractivity contribution in [3.63, 3.8) is 0 Å². The number of nitrogens with two attached hydrogens (primary N) is 1. The zero-order valence-corrected chi connectivity index (χ0v) is 50.3. The van der Waals surface area contributed by atoms with Crippen LogP contribution in [0.5, 0.6) is 0 Å². The number of urea groups is 1. The van der Waals surface area contributed by atoms with Crippen LogP contribution >= 0.6 is 0 Å². The SMILES string of the molecule is CC(=O)O[C@@H](C)/C=C\C(=O)N[C@@H]1C[C@H](C)[C@H](C/C=C(C)/C=C/[C@H]2O[C@H](CC(=O)NC3CC(NC(=O)OCc4ccc(NC(=O)[C@H](CCCNC(N)=O)NC(=O)[C@@H](NC(=O)CCCCCN5C(=O)C=CC5=O)C(C)C)cc4)C3)CC3(CO3)[C@@H]2O)O[C@@H]1C. The Bertz CT molecular complexity index is 2690. The number of imide groups is 1. The first-order valence-corrected chi connectivity index (χ1v) is 29.8. The van der Waals surface area contributed by atoms with E-state index in [4.69, 9.17) is 29.4 Å². The van der Waals surface area contributed by atoms with Gasteiger partial charge in [0.15, 0.2) is 0 Å². The number of hydrogen-bond acceptors (Lipinski definition) is 16. The lowest BCUT2D eigenvalue weighted by Gasteiger charge is -2.39. The van der Waals surface area contributed by atoms with Crippen LogP contribution in [0.15, 0.2) is 72.4 Å². The Labute approximate surface area is 502 Å². The number of benzene rings is 1. The lowest BCUT2D eigenvalue weighted by atomic mass is 9.85. The molecule has 5 aliphatic rings. The van der Waals surface area contributed by atoms with Crippen LogP contribution in [0.3, 0.4) is 0 Å². The fourth-order valence-electron chi connectivity index (χ4n) is 10.7. The standard InChI is InChI=1S/C61H87N9O16/c1-35(2)55(69-50(72)13-9-8-10-27-70-53(75)24-25-54(70)76)58(79)68-46(12-11-26-63-59(62)80)57(78)65-42-19-17-41(18-20-42)33-82-60(81)66-44-29-43(30-44)64-52(74)31-45-32-61(34-83-61)56(77)49(86-45)22-15-36(3)14-21-48-37(4)28-47(39(6)85-48)67-51(73)23-16-38(5)84-40(7)71/h14-20,22-25,35,37-39,43-49,55-56,77H,8-13,21,26-34H2,1-7H3,(H,64,74)(H,65,78)(H,66,81)(H,67,73)(H,68,79)(H,69,72)(H3,62,63,80)/b22-15+,23-16-,36-14+/t37-,38-,39+,43?,44?,45+,46-,47+,48-,49+,55-,56+,61?/m0/s1. The Morgan fingerprint density at radius 3 is 2.21 bits per heavy atom. The third-order valence-corrected chi connectivity index (χ3v) is 15.8. The molecule has 4 heterocycles. The fraction of sp³-hybridized carbons (Fsp3) is 0.607. The number of allylic oxidation sites excluding steroid dienone is 2. The van der Waals surface area contributed by atoms with Gasteiger partial charge in [-0.05, 0) is 108 Å². The number of epoxide rings is 1. The number of primary amides is 1. The molecule has 11 atom stereocenters. The predicted octanol–water partition coefficient (Wildman–Crippen LogP) is 3.43. The number of nitrogens with one attached hydrogen (secondary N) is 7. The van der Waals surface area contributed by atoms with Crippen LogP contribution < -0.4 is 43.0 Å². The van der Waals surface area contributed by atoms with Crippen molar-refractivity contribution in [1.29, 1.82) is 0 Å². The topological polar surface area (TPSA) is 354 Å². The number of nitrogens with zero attached hydrogens (tertiary/aromatic N) is 1. The van der Waals surface area contributed by atoms with Crippen LogP contribution in [0.2, 0.25) is 0 Å². The number of rotatable bonds is 30. The van der Waals surface area contributed by atoms with Crippen molar-refractivity contribution in [3.8, 4) is 0 Å². The van der Waals surface area contributed by atoms with E-state index < -0.39 is 72.0 Å². The summed E-state index contributed by atoms with van der Waals surface area (Å²) in [5.41, 5.74) is 6.38. The molecule has 4 fully saturated rings. The molecular weight excluding hydrogens is 1110 g/mol. The second kappa shape index (κ2) is 32.3. The Balaban J connectivity index is 0.879. The molecule has 472 valence electrons. The first kappa shape index (κ1) is 67.6. The van der Waals surface area contributed by atoms with Crippen LogP contribution in [0, 0.1) is 11.8 Å². The molecule has 1 spiro atoms. The normalized spacial score (nSPS) is 26.3. The molecule has 25 nitrogen and oxygen atoms in total. The van der Waals surface area contributed by atoms with Crippen molar-refractivity contribution in [2.75, 3.05) is 25.0 Å². The van der Waals surface area contributed by atoms with E-state index in [1.54, 1.807) is 51.1 Å². The smallest absolute Gasteiger partial charge is 0.407 e. The molecule has 0 radical (unpaired) electrons. The summed E-state index contributed by atoms with van der Waals surface area (Å²) in [7, 11) is 0. The molecule has 3 saturated heterocycles. The first-order chi connectivity index (χ1) is 40.9. The van der Waals surface area contributed by atoms with Crippen LogP contribution in [-0.4, -0.2) is 162 Å². The summed E-state index contributed by atoms with van der Waals surface area (Å²) in [5.74, 6) is -3.36. The maximum absolute atomic E-state index is 13.6. The highest BCUT2D eigenvalue weighted by Gasteiger charge is 2.58. The Morgan fingerprint density at radius 2 is 1.55 bits per heavy atom. The van der Waals surface area contributed by atoms with Crippen molar-refractivity contribution in [3.05, 3.63) is 77.9 Å². The number of aliphatic hydroxyl groups excluding tert-OH is 1. The average molecular weight is 1200 g/mol. The Kier molecular flexibility index (Phi) is 25.4. The van der Waals surface area contributed by atoms with Gasteiger partial charge >= 0.3 is 18.1 Å². The molecule has 1 saturated carbocycles. The monoisotopic (exact) mass is 1200 g/mol. The fourth-order valence-corrected chi connectivity index (χ4v) is 10.7. The average Bonchev–Trinajstić information content (AvgIpc) is 1.64. The highest BCUT2D eigenvalue weighted by molar-refractivity contribution is 6.12. The molecule has 1 aromatic rings. The van der Waals surface area contributed by atoms with Gasteiger partial charge in [-0.25, -0.2) is 9.59 Å². The number of esters is 1. The number of amides is 10. The largest absolute Gasteiger partial charge is 0.459 e. The second-order valence-corrected chi connectivity index (χ2v) is 23.4. The Morgan fingerprint density at radius 1 is 0.849 bits per heavy atom. The van der Waals surface area contributed by atoms with E-state index in [1.165, 1.54) is 31.2 Å². The van der Waals surface area contributed by atoms with Crippen LogP contribution in [-0.2, 0) is 68.6 Å². The minimum Gasteiger partial charge on any atom is -0.459 e. The van der Waals surface area contributed by atoms with Gasteiger partial charge in [0, 0.05) is 68.9 Å². The summed E-state index contributed by atoms with van der Waals surface area (Å²) in [4.78, 5) is 126. The van der Waals surface area contributed by atoms with E-state index in [9.17, 15) is 53.1 Å². The number of alkyl carbamates (subject to hydrolysis) is 1. The molecular formula is C61H87N9O16. The van der Waals surface area contributed by atoms with Gasteiger partial charge in [-0.15, -0.1) is 0 Å². The minimum atomic E-state index is -1.07. The lowest BCUT2D eigenvalue weighted by Crippen LogP contribution is -2.55. The van der Waals surface area contributed by atoms with E-state index in [1.807, 2.05) is 19.9 Å². The maximum atomic E-state index is 13.6. The van der Waals surface area contributed by atoms with Crippen molar-refractivity contribution in [2.45, 2.75) is 205 Å². The molecule has 25 heteroatoms. The van der Waals surface area contributed by atoms with Crippen LogP contribution in [0.1, 0.15) is 131 Å². The van der Waals surface area contributed by atoms with Crippen LogP contribution in [0.4, 0.5) is 15.3 Å². The van der Waals surface area contributed by atoms with Gasteiger partial charge in [0.25, 0.3) is 11.8 Å². The molecule has 1 unspecified atom stereocenters. The summed E-state index contributed by atoms with van der Waals surface area (Å²) < 4.78 is 28.8. The van der Waals surface area contributed by atoms with Gasteiger partial charge in [-0.1, -0.05) is 63.1 Å². The summed E-state index contributed by atoms with van der Waals surface area (Å²) >= 11 is 0. The molecule has 10 amide bonds. The third-order valence-electron chi connectivity index (χ3n) is 15.8. The van der Waals surface area contributed by atoms with Crippen molar-refractivity contribution in [2.24, 2.45) is 17.6 Å². The Hall–Kier alpha value is -7.48. The number of hydrogen-bond donors (Lipinski definition) is 9. The molecule has 1 aromatic carbocycles. The predicted molar refractivity (Wildman–Crippen MR) is 314 cm³/mol. The van der Waals surface area contributed by atoms with Crippen molar-refractivity contribution < 1.29 is 76.7 Å². The number of ether oxygens (including phenoxy) is 5. The van der Waals surface area contributed by atoms with Gasteiger partial charge in [0.1, 0.15) is 42.6 Å². The summed E-state index contributed by atoms with van der Waals surface area (Å²) in [6, 6.07) is 3.19. The quantitative estimate of drug-likeness (QED) is 0.0133. The minimum absolute atomic E-state index is 0.0583. The van der Waals surface area contributed by atoms with Gasteiger partial charge in [-0.3, -0.25) is 43.3 Å². The highest BCUT2D eigenvalue weighted by atomic mass is 16.6. The summed E-state index contributed by atoms with van der Waals surface area (Å²) in [6.07, 6.45) is 12.3. The number of anilines is 1. The number of aliphatic hydroxyl groups is 1. The van der Waals surface area contributed by atoms with E-state index >= 15 is 0 Å². The van der Waals surface area contributed by atoms with E-state index in [-0.39, 0.29) is 117 Å². The van der Waals surface area contributed by atoms with Gasteiger partial charge in [0.05, 0.1) is 37.4 Å². The first-order valence-electron chi connectivity index (χ1n) is 29.8. The molecule has 86 heavy (non-hydrogen) atoms. The molecule has 10 N–H and O–H groups in total. The maximum Gasteiger partial charge on any atom is 0.407 e. The van der Waals surface area contributed by atoms with E-state index in [0.717, 1.165) is 16.9 Å². The molecule has 0 bridgehead atoms. The second-order valence-electron chi connectivity index (χ2n) is 23.4. The summed E-state index contributed by atoms with van der Waals surface area (Å²) in [5, 5.41) is 30.8. The zero-order chi connectivity index (χ0) is 62.7. The lowest BCUT2D eigenvalue weighted by molar-refractivity contribution is -0.146. The van der Waals surface area contributed by atoms with Crippen molar-refractivity contribution >= 4 is 65.1 Å².